The van der Waals surface area contributed by atoms with Crippen molar-refractivity contribution in [2.75, 3.05) is 14.2 Å². The van der Waals surface area contributed by atoms with Crippen molar-refractivity contribution in [1.82, 2.24) is 0 Å². The summed E-state index contributed by atoms with van der Waals surface area (Å²) in [6.07, 6.45) is 5.21. The fourth-order valence-electron chi connectivity index (χ4n) is 1.86. The predicted molar refractivity (Wildman–Crippen MR) is 94.3 cm³/mol. The molecular weight excluding hydrogens is 290 g/mol. The van der Waals surface area contributed by atoms with E-state index in [-0.39, 0.29) is 5.75 Å². The van der Waals surface area contributed by atoms with E-state index in [1.165, 1.54) is 19.4 Å². The van der Waals surface area contributed by atoms with Crippen molar-refractivity contribution in [1.29, 1.82) is 0 Å². The van der Waals surface area contributed by atoms with Crippen molar-refractivity contribution in [3.63, 3.8) is 0 Å². The molecule has 0 aliphatic rings. The third-order valence-corrected chi connectivity index (χ3v) is 3.08. The monoisotopic (exact) mass is 313 g/mol. The third kappa shape index (κ3) is 5.44. The van der Waals surface area contributed by atoms with Crippen LogP contribution in [0.2, 0.25) is 0 Å². The molecule has 0 aromatic heterocycles. The molecule has 5 heteroatoms. The Balaban J connectivity index is 3.26. The number of nitrogens with two attached hydrogens (primary N) is 2. The number of allylic oxidation sites excluding steroid dienone is 1. The maximum absolute atomic E-state index is 9.68. The van der Waals surface area contributed by atoms with Gasteiger partial charge in [-0.15, -0.1) is 0 Å². The number of nitrogens with zero attached hydrogens (tertiary/aromatic N) is 1. The molecule has 122 valence electrons. The molecule has 5 nitrogen and oxygen atoms in total. The molecule has 0 saturated carbocycles. The molecule has 0 saturated heterocycles. The molecule has 0 radical (unpaired) electrons. The average molecular weight is 313 g/mol. The highest BCUT2D eigenvalue weighted by Crippen LogP contribution is 2.21. The fourth-order valence-corrected chi connectivity index (χ4v) is 1.86. The predicted octanol–water partition coefficient (Wildman–Crippen LogP) is 2.31. The lowest BCUT2D eigenvalue weighted by Gasteiger charge is -2.05. The fraction of sp³-hybridized carbons (Fsp3) is 0.278. The van der Waals surface area contributed by atoms with E-state index in [9.17, 15) is 5.11 Å². The van der Waals surface area contributed by atoms with Crippen molar-refractivity contribution < 1.29 is 9.84 Å². The minimum Gasteiger partial charge on any atom is -0.508 e. The molecule has 0 fully saturated rings. The molecule has 0 amide bonds. The lowest BCUT2D eigenvalue weighted by atomic mass is 10.0. The normalized spacial score (nSPS) is 12.6. The highest BCUT2D eigenvalue weighted by molar-refractivity contribution is 6.02. The van der Waals surface area contributed by atoms with Gasteiger partial charge < -0.3 is 21.3 Å². The summed E-state index contributed by atoms with van der Waals surface area (Å²) in [5.41, 5.74) is 13.5. The Morgan fingerprint density at radius 2 is 2.13 bits per heavy atom. The number of phenolic OH excluding ortho intramolecular Hbond substituents is 1. The summed E-state index contributed by atoms with van der Waals surface area (Å²) in [5.74, 6) is 7.01. The van der Waals surface area contributed by atoms with Crippen molar-refractivity contribution in [3.8, 4) is 23.3 Å². The molecule has 0 aliphatic heterocycles. The zero-order valence-electron chi connectivity index (χ0n) is 13.8. The number of unbranched alkanes of at least 4 members (excludes halogenated alkanes) is 1. The number of amidine groups is 1. The van der Waals surface area contributed by atoms with Crippen LogP contribution in [0.4, 0.5) is 0 Å². The zero-order valence-corrected chi connectivity index (χ0v) is 13.8. The molecule has 0 unspecified atom stereocenters. The van der Waals surface area contributed by atoms with E-state index >= 15 is 0 Å². The van der Waals surface area contributed by atoms with E-state index in [0.29, 0.717) is 28.3 Å². The van der Waals surface area contributed by atoms with Gasteiger partial charge in [0.1, 0.15) is 17.3 Å². The Labute approximate surface area is 137 Å². The Morgan fingerprint density at radius 3 is 2.70 bits per heavy atom. The number of rotatable bonds is 5. The Hall–Kier alpha value is -2.87. The number of methoxy groups -OCH3 is 1. The van der Waals surface area contributed by atoms with Gasteiger partial charge in [0.2, 0.25) is 0 Å². The second kappa shape index (κ2) is 9.21. The van der Waals surface area contributed by atoms with Gasteiger partial charge in [-0.3, -0.25) is 4.99 Å². The number of benzene rings is 1. The smallest absolute Gasteiger partial charge is 0.128 e. The van der Waals surface area contributed by atoms with Crippen LogP contribution >= 0.6 is 0 Å². The first-order chi connectivity index (χ1) is 11.0. The summed E-state index contributed by atoms with van der Waals surface area (Å²) in [6, 6.07) is 4.83. The van der Waals surface area contributed by atoms with E-state index in [4.69, 9.17) is 16.2 Å². The van der Waals surface area contributed by atoms with Crippen LogP contribution in [0.1, 0.15) is 25.3 Å². The standard InChI is InChI=1S/C18H23N3O2/c1-4-5-6-14(17(12-19)18(20)21-2)8-7-13-9-15(22)11-16(10-13)23-3/h6,9-12,22H,4-5,19H2,1-3H3,(H2,20,21)/b14-6+,17-12?. The number of aliphatic imine (C=N–C) groups is 1. The second-order valence-corrected chi connectivity index (χ2v) is 4.77. The van der Waals surface area contributed by atoms with Crippen LogP contribution in [-0.2, 0) is 0 Å². The summed E-state index contributed by atoms with van der Waals surface area (Å²) in [6.45, 7) is 2.07. The van der Waals surface area contributed by atoms with Gasteiger partial charge >= 0.3 is 0 Å². The summed E-state index contributed by atoms with van der Waals surface area (Å²) in [7, 11) is 3.13. The minimum atomic E-state index is 0.0944. The van der Waals surface area contributed by atoms with Crippen LogP contribution in [0, 0.1) is 11.8 Å². The van der Waals surface area contributed by atoms with E-state index in [2.05, 4.69) is 23.8 Å². The minimum absolute atomic E-state index is 0.0944. The average Bonchev–Trinajstić information content (AvgIpc) is 2.56. The maximum Gasteiger partial charge on any atom is 0.128 e. The van der Waals surface area contributed by atoms with Crippen molar-refractivity contribution in [2.45, 2.75) is 19.8 Å². The highest BCUT2D eigenvalue weighted by Gasteiger charge is 2.06. The lowest BCUT2D eigenvalue weighted by molar-refractivity contribution is 0.407. The van der Waals surface area contributed by atoms with Crippen LogP contribution in [0.15, 0.2) is 46.6 Å². The first-order valence-electron chi connectivity index (χ1n) is 7.30. The molecular formula is C18H23N3O2. The van der Waals surface area contributed by atoms with E-state index < -0.39 is 0 Å². The molecule has 1 rings (SSSR count). The summed E-state index contributed by atoms with van der Waals surface area (Å²) in [5, 5.41) is 9.68. The van der Waals surface area contributed by atoms with Gasteiger partial charge in [-0.2, -0.15) is 0 Å². The van der Waals surface area contributed by atoms with Crippen molar-refractivity contribution in [3.05, 3.63) is 47.2 Å². The number of hydrogen-bond acceptors (Lipinski definition) is 4. The van der Waals surface area contributed by atoms with Gasteiger partial charge in [0.05, 0.1) is 7.11 Å². The first-order valence-corrected chi connectivity index (χ1v) is 7.30. The SMILES string of the molecule is CCC/C=C(\C#Cc1cc(O)cc(OC)c1)C(=CN)C(N)=NC. The Kier molecular flexibility index (Phi) is 7.28. The van der Waals surface area contributed by atoms with E-state index in [1.807, 2.05) is 6.08 Å². The lowest BCUT2D eigenvalue weighted by Crippen LogP contribution is -2.17. The van der Waals surface area contributed by atoms with Crippen LogP contribution in [0.5, 0.6) is 11.5 Å². The van der Waals surface area contributed by atoms with Crippen LogP contribution < -0.4 is 16.2 Å². The van der Waals surface area contributed by atoms with Gasteiger partial charge in [-0.25, -0.2) is 0 Å². The molecule has 0 atom stereocenters. The number of hydrogen-bond donors (Lipinski definition) is 3. The number of aromatic hydroxyl groups is 1. The quantitative estimate of drug-likeness (QED) is 0.336. The van der Waals surface area contributed by atoms with Crippen LogP contribution in [0.3, 0.4) is 0 Å². The maximum atomic E-state index is 9.68. The molecule has 1 aromatic carbocycles. The molecule has 23 heavy (non-hydrogen) atoms. The Bertz CT molecular complexity index is 692. The van der Waals surface area contributed by atoms with Gasteiger partial charge in [0.15, 0.2) is 0 Å². The molecule has 0 heterocycles. The number of ether oxygens (including phenoxy) is 1. The summed E-state index contributed by atoms with van der Waals surface area (Å²) >= 11 is 0. The molecule has 0 spiro atoms. The summed E-state index contributed by atoms with van der Waals surface area (Å²) in [4.78, 5) is 3.96. The van der Waals surface area contributed by atoms with Gasteiger partial charge in [-0.1, -0.05) is 31.3 Å². The zero-order chi connectivity index (χ0) is 17.2. The van der Waals surface area contributed by atoms with Gasteiger partial charge in [0.25, 0.3) is 0 Å². The highest BCUT2D eigenvalue weighted by atomic mass is 16.5. The molecule has 1 aromatic rings. The first kappa shape index (κ1) is 18.2. The van der Waals surface area contributed by atoms with Crippen molar-refractivity contribution in [2.24, 2.45) is 16.5 Å². The van der Waals surface area contributed by atoms with E-state index in [1.54, 1.807) is 19.2 Å². The number of phenols is 1. The van der Waals surface area contributed by atoms with Crippen LogP contribution in [-0.4, -0.2) is 25.1 Å². The Morgan fingerprint density at radius 1 is 1.39 bits per heavy atom. The molecule has 5 N–H and O–H groups in total. The molecule has 0 bridgehead atoms. The topological polar surface area (TPSA) is 93.9 Å². The summed E-state index contributed by atoms with van der Waals surface area (Å²) < 4.78 is 5.12. The van der Waals surface area contributed by atoms with Gasteiger partial charge in [-0.05, 0) is 18.6 Å². The largest absolute Gasteiger partial charge is 0.508 e. The van der Waals surface area contributed by atoms with Gasteiger partial charge in [0, 0.05) is 36.0 Å². The van der Waals surface area contributed by atoms with E-state index in [0.717, 1.165) is 12.8 Å². The van der Waals surface area contributed by atoms with Crippen LogP contribution in [0.25, 0.3) is 0 Å². The molecule has 0 aliphatic carbocycles. The third-order valence-electron chi connectivity index (χ3n) is 3.08. The van der Waals surface area contributed by atoms with Crippen molar-refractivity contribution >= 4 is 5.84 Å². The second-order valence-electron chi connectivity index (χ2n) is 4.77.